The molecule has 0 aromatic rings. The zero-order valence-corrected chi connectivity index (χ0v) is 12.7. The summed E-state index contributed by atoms with van der Waals surface area (Å²) in [6.45, 7) is 7.40. The molecular formula is C14H22N2O5. The zero-order chi connectivity index (χ0) is 15.8. The normalized spacial score (nSPS) is 27.2. The summed E-state index contributed by atoms with van der Waals surface area (Å²) in [4.78, 5) is 38.4. The Kier molecular flexibility index (Phi) is 4.11. The Morgan fingerprint density at radius 3 is 2.05 bits per heavy atom. The third-order valence-corrected chi connectivity index (χ3v) is 4.48. The van der Waals surface area contributed by atoms with Gasteiger partial charge >= 0.3 is 12.1 Å². The molecule has 2 atom stereocenters. The first kappa shape index (κ1) is 15.6. The average molecular weight is 298 g/mol. The van der Waals surface area contributed by atoms with Crippen molar-refractivity contribution in [2.45, 2.75) is 20.8 Å². The second-order valence-corrected chi connectivity index (χ2v) is 6.13. The van der Waals surface area contributed by atoms with Crippen molar-refractivity contribution in [1.29, 1.82) is 0 Å². The molecule has 0 aromatic carbocycles. The van der Waals surface area contributed by atoms with Crippen molar-refractivity contribution >= 4 is 18.0 Å². The van der Waals surface area contributed by atoms with Gasteiger partial charge in [-0.1, -0.05) is 13.8 Å². The lowest BCUT2D eigenvalue weighted by Gasteiger charge is -2.34. The van der Waals surface area contributed by atoms with Gasteiger partial charge in [0.2, 0.25) is 5.91 Å². The minimum absolute atomic E-state index is 0.115. The number of aliphatic carboxylic acids is 1. The Hall–Kier alpha value is -1.79. The molecule has 2 rings (SSSR count). The molecule has 7 heteroatoms. The fourth-order valence-electron chi connectivity index (χ4n) is 3.08. The van der Waals surface area contributed by atoms with Crippen molar-refractivity contribution in [2.75, 3.05) is 32.8 Å². The van der Waals surface area contributed by atoms with Crippen LogP contribution < -0.4 is 0 Å². The van der Waals surface area contributed by atoms with Crippen LogP contribution in [0.2, 0.25) is 0 Å². The molecule has 7 nitrogen and oxygen atoms in total. The molecule has 0 aromatic heterocycles. The summed E-state index contributed by atoms with van der Waals surface area (Å²) in [5.74, 6) is -2.09. The van der Waals surface area contributed by atoms with Gasteiger partial charge in [0.25, 0.3) is 0 Å². The Morgan fingerprint density at radius 1 is 1.10 bits per heavy atom. The predicted octanol–water partition coefficient (Wildman–Crippen LogP) is 0.644. The standard InChI is InChI=1S/C14H22N2O5/c1-4-21-13(20)16-7-5-15(6-8-16)11(17)9-10(12(18)19)14(9,2)3/h9-10H,4-8H2,1-3H3,(H,18,19)/t9-,10-/m1/s1. The molecule has 0 spiro atoms. The lowest BCUT2D eigenvalue weighted by molar-refractivity contribution is -0.142. The van der Waals surface area contributed by atoms with Crippen molar-refractivity contribution in [2.24, 2.45) is 17.3 Å². The van der Waals surface area contributed by atoms with Crippen LogP contribution in [0.15, 0.2) is 0 Å². The van der Waals surface area contributed by atoms with Crippen molar-refractivity contribution in [3.63, 3.8) is 0 Å². The quantitative estimate of drug-likeness (QED) is 0.826. The molecule has 118 valence electrons. The van der Waals surface area contributed by atoms with E-state index in [0.29, 0.717) is 32.8 Å². The highest BCUT2D eigenvalue weighted by Gasteiger charge is 2.66. The van der Waals surface area contributed by atoms with Crippen LogP contribution in [0, 0.1) is 17.3 Å². The molecule has 1 saturated heterocycles. The predicted molar refractivity (Wildman–Crippen MR) is 73.6 cm³/mol. The van der Waals surface area contributed by atoms with Crippen molar-refractivity contribution < 1.29 is 24.2 Å². The Balaban J connectivity index is 1.90. The highest BCUT2D eigenvalue weighted by molar-refractivity contribution is 5.91. The molecule has 1 aliphatic heterocycles. The summed E-state index contributed by atoms with van der Waals surface area (Å²) in [5, 5.41) is 9.14. The number of ether oxygens (including phenoxy) is 1. The third-order valence-electron chi connectivity index (χ3n) is 4.48. The van der Waals surface area contributed by atoms with Crippen LogP contribution in [0.5, 0.6) is 0 Å². The van der Waals surface area contributed by atoms with Gasteiger partial charge < -0.3 is 19.6 Å². The summed E-state index contributed by atoms with van der Waals surface area (Å²) in [5.41, 5.74) is -0.485. The van der Waals surface area contributed by atoms with Gasteiger partial charge in [-0.25, -0.2) is 4.79 Å². The highest BCUT2D eigenvalue weighted by atomic mass is 16.6. The van der Waals surface area contributed by atoms with Crippen LogP contribution >= 0.6 is 0 Å². The summed E-state index contributed by atoms with van der Waals surface area (Å²) in [6, 6.07) is 0. The first-order chi connectivity index (χ1) is 9.80. The number of amides is 2. The number of carboxylic acid groups (broad SMARTS) is 1. The summed E-state index contributed by atoms with van der Waals surface area (Å²) in [6.07, 6.45) is -0.361. The summed E-state index contributed by atoms with van der Waals surface area (Å²) >= 11 is 0. The van der Waals surface area contributed by atoms with Gasteiger partial charge in [0, 0.05) is 26.2 Å². The molecular weight excluding hydrogens is 276 g/mol. The molecule has 21 heavy (non-hydrogen) atoms. The van der Waals surface area contributed by atoms with Crippen molar-refractivity contribution in [1.82, 2.24) is 9.80 Å². The minimum Gasteiger partial charge on any atom is -0.481 e. The maximum absolute atomic E-state index is 12.4. The first-order valence-corrected chi connectivity index (χ1v) is 7.24. The molecule has 1 heterocycles. The fraction of sp³-hybridized carbons (Fsp3) is 0.786. The van der Waals surface area contributed by atoms with Gasteiger partial charge in [-0.3, -0.25) is 9.59 Å². The smallest absolute Gasteiger partial charge is 0.409 e. The van der Waals surface area contributed by atoms with Gasteiger partial charge in [-0.15, -0.1) is 0 Å². The largest absolute Gasteiger partial charge is 0.481 e. The monoisotopic (exact) mass is 298 g/mol. The zero-order valence-electron chi connectivity index (χ0n) is 12.7. The molecule has 1 aliphatic carbocycles. The molecule has 0 bridgehead atoms. The van der Waals surface area contributed by atoms with Crippen molar-refractivity contribution in [3.8, 4) is 0 Å². The second kappa shape index (κ2) is 5.54. The van der Waals surface area contributed by atoms with Gasteiger partial charge in [0.15, 0.2) is 0 Å². The average Bonchev–Trinajstić information content (AvgIpc) is 3.01. The number of piperazine rings is 1. The summed E-state index contributed by atoms with van der Waals surface area (Å²) in [7, 11) is 0. The second-order valence-electron chi connectivity index (χ2n) is 6.13. The van der Waals surface area contributed by atoms with Crippen LogP contribution in [0.3, 0.4) is 0 Å². The van der Waals surface area contributed by atoms with E-state index in [-0.39, 0.29) is 12.0 Å². The van der Waals surface area contributed by atoms with Crippen LogP contribution in [0.25, 0.3) is 0 Å². The Bertz CT molecular complexity index is 454. The van der Waals surface area contributed by atoms with Crippen LogP contribution in [-0.4, -0.2) is 65.7 Å². The number of carbonyl (C=O) groups excluding carboxylic acids is 2. The molecule has 2 fully saturated rings. The van der Waals surface area contributed by atoms with Crippen LogP contribution in [-0.2, 0) is 14.3 Å². The van der Waals surface area contributed by atoms with E-state index in [4.69, 9.17) is 9.84 Å². The number of rotatable bonds is 3. The maximum Gasteiger partial charge on any atom is 0.409 e. The fourth-order valence-corrected chi connectivity index (χ4v) is 3.08. The number of hydrogen-bond acceptors (Lipinski definition) is 4. The number of hydrogen-bond donors (Lipinski definition) is 1. The molecule has 1 saturated carbocycles. The highest BCUT2D eigenvalue weighted by Crippen LogP contribution is 2.59. The molecule has 2 aliphatic rings. The molecule has 0 radical (unpaired) electrons. The van der Waals surface area contributed by atoms with E-state index < -0.39 is 23.2 Å². The SMILES string of the molecule is CCOC(=O)N1CCN(C(=O)[C@H]2[C@H](C(=O)O)C2(C)C)CC1. The van der Waals surface area contributed by atoms with E-state index in [2.05, 4.69) is 0 Å². The van der Waals surface area contributed by atoms with E-state index in [1.165, 1.54) is 0 Å². The third kappa shape index (κ3) is 2.82. The first-order valence-electron chi connectivity index (χ1n) is 7.24. The van der Waals surface area contributed by atoms with Crippen LogP contribution in [0.1, 0.15) is 20.8 Å². The lowest BCUT2D eigenvalue weighted by atomic mass is 10.1. The van der Waals surface area contributed by atoms with E-state index in [1.807, 2.05) is 13.8 Å². The number of carboxylic acids is 1. The van der Waals surface area contributed by atoms with E-state index in [0.717, 1.165) is 0 Å². The van der Waals surface area contributed by atoms with Gasteiger partial charge in [0.1, 0.15) is 0 Å². The van der Waals surface area contributed by atoms with Crippen molar-refractivity contribution in [3.05, 3.63) is 0 Å². The Labute approximate surface area is 123 Å². The van der Waals surface area contributed by atoms with Gasteiger partial charge in [0.05, 0.1) is 18.4 Å². The van der Waals surface area contributed by atoms with Gasteiger partial charge in [-0.05, 0) is 12.3 Å². The van der Waals surface area contributed by atoms with E-state index in [1.54, 1.807) is 16.7 Å². The lowest BCUT2D eigenvalue weighted by Crippen LogP contribution is -2.51. The minimum atomic E-state index is -0.913. The maximum atomic E-state index is 12.4. The molecule has 2 amide bonds. The Morgan fingerprint density at radius 2 is 1.62 bits per heavy atom. The number of nitrogens with zero attached hydrogens (tertiary/aromatic N) is 2. The molecule has 1 N–H and O–H groups in total. The number of carbonyl (C=O) groups is 3. The van der Waals surface area contributed by atoms with Crippen LogP contribution in [0.4, 0.5) is 4.79 Å². The summed E-state index contributed by atoms with van der Waals surface area (Å²) < 4.78 is 4.92. The van der Waals surface area contributed by atoms with E-state index in [9.17, 15) is 14.4 Å². The molecule has 0 unspecified atom stereocenters. The topological polar surface area (TPSA) is 87.2 Å². The van der Waals surface area contributed by atoms with Gasteiger partial charge in [-0.2, -0.15) is 0 Å². The van der Waals surface area contributed by atoms with E-state index >= 15 is 0 Å².